The van der Waals surface area contributed by atoms with Gasteiger partial charge in [0.2, 0.25) is 0 Å². The minimum absolute atomic E-state index is 0.497. The Balaban J connectivity index is 2.44. The molecule has 0 bridgehead atoms. The minimum atomic E-state index is -0.497. The van der Waals surface area contributed by atoms with Gasteiger partial charge in [-0.3, -0.25) is 0 Å². The Kier molecular flexibility index (Phi) is 2.69. The highest BCUT2D eigenvalue weighted by atomic mass is 16.3. The lowest BCUT2D eigenvalue weighted by Crippen LogP contribution is -2.08. The summed E-state index contributed by atoms with van der Waals surface area (Å²) in [7, 11) is 0. The van der Waals surface area contributed by atoms with Gasteiger partial charge in [0.15, 0.2) is 0 Å². The molecule has 1 atom stereocenters. The molecule has 1 unspecified atom stereocenters. The van der Waals surface area contributed by atoms with Gasteiger partial charge in [0, 0.05) is 0 Å². The molecule has 1 aliphatic carbocycles. The SMILES string of the molecule is C=CC(O)c1cccc2c1CCCC2. The standard InChI is InChI=1S/C13H16O/c1-2-13(14)12-9-5-7-10-6-3-4-8-11(10)12/h2,5,7,9,13-14H,1,3-4,6,8H2. The number of aliphatic hydroxyl groups excluding tert-OH is 1. The van der Waals surface area contributed by atoms with Crippen LogP contribution in [0.2, 0.25) is 0 Å². The van der Waals surface area contributed by atoms with Crippen LogP contribution in [-0.4, -0.2) is 5.11 Å². The monoisotopic (exact) mass is 188 g/mol. The van der Waals surface area contributed by atoms with Gasteiger partial charge in [-0.1, -0.05) is 24.3 Å². The van der Waals surface area contributed by atoms with E-state index in [-0.39, 0.29) is 0 Å². The van der Waals surface area contributed by atoms with Crippen LogP contribution in [0.25, 0.3) is 0 Å². The number of fused-ring (bicyclic) bond motifs is 1. The predicted octanol–water partition coefficient (Wildman–Crippen LogP) is 2.78. The number of benzene rings is 1. The van der Waals surface area contributed by atoms with Crippen LogP contribution in [0.5, 0.6) is 0 Å². The van der Waals surface area contributed by atoms with Crippen LogP contribution in [0.4, 0.5) is 0 Å². The molecule has 1 aromatic rings. The quantitative estimate of drug-likeness (QED) is 0.707. The molecule has 74 valence electrons. The Morgan fingerprint density at radius 3 is 2.86 bits per heavy atom. The van der Waals surface area contributed by atoms with E-state index in [0.29, 0.717) is 0 Å². The fourth-order valence-electron chi connectivity index (χ4n) is 2.21. The molecule has 1 aliphatic rings. The Morgan fingerprint density at radius 2 is 2.07 bits per heavy atom. The summed E-state index contributed by atoms with van der Waals surface area (Å²) in [4.78, 5) is 0. The topological polar surface area (TPSA) is 20.2 Å². The van der Waals surface area contributed by atoms with Gasteiger partial charge in [0.1, 0.15) is 0 Å². The van der Waals surface area contributed by atoms with Crippen molar-refractivity contribution in [3.8, 4) is 0 Å². The molecular weight excluding hydrogens is 172 g/mol. The van der Waals surface area contributed by atoms with Crippen molar-refractivity contribution in [2.45, 2.75) is 31.8 Å². The van der Waals surface area contributed by atoms with Crippen LogP contribution in [0.1, 0.15) is 35.6 Å². The van der Waals surface area contributed by atoms with Crippen LogP contribution < -0.4 is 0 Å². The first-order valence-corrected chi connectivity index (χ1v) is 5.24. The zero-order chi connectivity index (χ0) is 9.97. The van der Waals surface area contributed by atoms with Crippen LogP contribution in [-0.2, 0) is 12.8 Å². The maximum Gasteiger partial charge on any atom is 0.0971 e. The van der Waals surface area contributed by atoms with Gasteiger partial charge < -0.3 is 5.11 Å². The van der Waals surface area contributed by atoms with Crippen molar-refractivity contribution >= 4 is 0 Å². The molecule has 1 N–H and O–H groups in total. The largest absolute Gasteiger partial charge is 0.384 e. The van der Waals surface area contributed by atoms with Crippen LogP contribution in [0, 0.1) is 0 Å². The number of hydrogen-bond acceptors (Lipinski definition) is 1. The highest BCUT2D eigenvalue weighted by molar-refractivity contribution is 5.39. The summed E-state index contributed by atoms with van der Waals surface area (Å²) in [6.45, 7) is 3.64. The minimum Gasteiger partial charge on any atom is -0.384 e. The van der Waals surface area contributed by atoms with Gasteiger partial charge >= 0.3 is 0 Å². The van der Waals surface area contributed by atoms with Gasteiger partial charge in [-0.25, -0.2) is 0 Å². The molecule has 1 nitrogen and oxygen atoms in total. The zero-order valence-corrected chi connectivity index (χ0v) is 8.37. The summed E-state index contributed by atoms with van der Waals surface area (Å²) in [5.41, 5.74) is 3.82. The van der Waals surface area contributed by atoms with Crippen LogP contribution in [0.15, 0.2) is 30.9 Å². The van der Waals surface area contributed by atoms with E-state index in [9.17, 15) is 5.11 Å². The molecule has 0 amide bonds. The van der Waals surface area contributed by atoms with Crippen molar-refractivity contribution in [2.75, 3.05) is 0 Å². The molecule has 0 aliphatic heterocycles. The lowest BCUT2D eigenvalue weighted by Gasteiger charge is -2.20. The van der Waals surface area contributed by atoms with Gasteiger partial charge in [-0.15, -0.1) is 6.58 Å². The lowest BCUT2D eigenvalue weighted by molar-refractivity contribution is 0.227. The van der Waals surface area contributed by atoms with E-state index < -0.39 is 6.10 Å². The lowest BCUT2D eigenvalue weighted by atomic mass is 9.86. The second kappa shape index (κ2) is 3.97. The Bertz CT molecular complexity index is 341. The van der Waals surface area contributed by atoms with Crippen LogP contribution in [0.3, 0.4) is 0 Å². The van der Waals surface area contributed by atoms with Gasteiger partial charge in [0.25, 0.3) is 0 Å². The number of aryl methyl sites for hydroxylation is 1. The van der Waals surface area contributed by atoms with E-state index in [1.807, 2.05) is 12.1 Å². The van der Waals surface area contributed by atoms with Crippen molar-refractivity contribution < 1.29 is 5.11 Å². The van der Waals surface area contributed by atoms with E-state index in [0.717, 1.165) is 18.4 Å². The molecule has 0 heterocycles. The number of hydrogen-bond donors (Lipinski definition) is 1. The maximum absolute atomic E-state index is 9.77. The Hall–Kier alpha value is -1.08. The zero-order valence-electron chi connectivity index (χ0n) is 8.37. The van der Waals surface area contributed by atoms with Crippen molar-refractivity contribution in [3.63, 3.8) is 0 Å². The summed E-state index contributed by atoms with van der Waals surface area (Å²) in [5, 5.41) is 9.77. The summed E-state index contributed by atoms with van der Waals surface area (Å²) < 4.78 is 0. The summed E-state index contributed by atoms with van der Waals surface area (Å²) in [6, 6.07) is 6.22. The van der Waals surface area contributed by atoms with Gasteiger partial charge in [-0.2, -0.15) is 0 Å². The molecule has 1 heteroatoms. The molecule has 0 fully saturated rings. The molecule has 0 spiro atoms. The first-order valence-electron chi connectivity index (χ1n) is 5.24. The van der Waals surface area contributed by atoms with Crippen LogP contribution >= 0.6 is 0 Å². The van der Waals surface area contributed by atoms with Gasteiger partial charge in [-0.05, 0) is 42.4 Å². The normalized spacial score (nSPS) is 17.2. The molecular formula is C13H16O. The molecule has 14 heavy (non-hydrogen) atoms. The number of aliphatic hydroxyl groups is 1. The highest BCUT2D eigenvalue weighted by Gasteiger charge is 2.15. The fraction of sp³-hybridized carbons (Fsp3) is 0.385. The Morgan fingerprint density at radius 1 is 1.29 bits per heavy atom. The highest BCUT2D eigenvalue weighted by Crippen LogP contribution is 2.28. The third-order valence-corrected chi connectivity index (χ3v) is 2.97. The summed E-state index contributed by atoms with van der Waals surface area (Å²) in [6.07, 6.45) is 5.89. The molecule has 0 saturated heterocycles. The maximum atomic E-state index is 9.77. The van der Waals surface area contributed by atoms with Crippen molar-refractivity contribution in [1.82, 2.24) is 0 Å². The average Bonchev–Trinajstić information content (AvgIpc) is 2.27. The van der Waals surface area contributed by atoms with E-state index in [1.54, 1.807) is 6.08 Å². The first kappa shape index (κ1) is 9.47. The molecule has 0 aromatic heterocycles. The first-order chi connectivity index (χ1) is 6.83. The molecule has 2 rings (SSSR count). The molecule has 1 aromatic carbocycles. The molecule has 0 radical (unpaired) electrons. The van der Waals surface area contributed by atoms with Crippen molar-refractivity contribution in [2.24, 2.45) is 0 Å². The predicted molar refractivity (Wildman–Crippen MR) is 58.2 cm³/mol. The van der Waals surface area contributed by atoms with E-state index in [4.69, 9.17) is 0 Å². The number of rotatable bonds is 2. The smallest absolute Gasteiger partial charge is 0.0971 e. The van der Waals surface area contributed by atoms with Crippen molar-refractivity contribution in [3.05, 3.63) is 47.5 Å². The summed E-state index contributed by atoms with van der Waals surface area (Å²) in [5.74, 6) is 0. The average molecular weight is 188 g/mol. The summed E-state index contributed by atoms with van der Waals surface area (Å²) >= 11 is 0. The molecule has 0 saturated carbocycles. The van der Waals surface area contributed by atoms with E-state index >= 15 is 0 Å². The van der Waals surface area contributed by atoms with E-state index in [1.165, 1.54) is 24.0 Å². The van der Waals surface area contributed by atoms with Gasteiger partial charge in [0.05, 0.1) is 6.10 Å². The second-order valence-electron chi connectivity index (χ2n) is 3.87. The Labute approximate surface area is 85.1 Å². The third kappa shape index (κ3) is 1.60. The van der Waals surface area contributed by atoms with E-state index in [2.05, 4.69) is 12.6 Å². The second-order valence-corrected chi connectivity index (χ2v) is 3.87. The third-order valence-electron chi connectivity index (χ3n) is 2.97. The fourth-order valence-corrected chi connectivity index (χ4v) is 2.21. The van der Waals surface area contributed by atoms with Crippen molar-refractivity contribution in [1.29, 1.82) is 0 Å².